The summed E-state index contributed by atoms with van der Waals surface area (Å²) in [6.45, 7) is 6.94. The summed E-state index contributed by atoms with van der Waals surface area (Å²) in [6, 6.07) is 8.25. The number of nitrogens with one attached hydrogen (secondary N) is 1. The largest absolute Gasteiger partial charge is 0.463 e. The number of amides is 1. The average Bonchev–Trinajstić information content (AvgIpc) is 3.25. The Balaban J connectivity index is 1.71. The predicted octanol–water partition coefficient (Wildman–Crippen LogP) is 1.26. The van der Waals surface area contributed by atoms with Crippen LogP contribution in [-0.2, 0) is 19.6 Å². The van der Waals surface area contributed by atoms with Crippen molar-refractivity contribution < 1.29 is 27.7 Å². The van der Waals surface area contributed by atoms with Gasteiger partial charge in [0.1, 0.15) is 6.04 Å². The minimum absolute atomic E-state index is 0.0129. The van der Waals surface area contributed by atoms with Crippen LogP contribution < -0.4 is 10.6 Å². The van der Waals surface area contributed by atoms with E-state index in [-0.39, 0.29) is 22.9 Å². The predicted molar refractivity (Wildman–Crippen MR) is 108 cm³/mol. The Morgan fingerprint density at radius 3 is 2.59 bits per heavy atom. The second-order valence-corrected chi connectivity index (χ2v) is 9.18. The van der Waals surface area contributed by atoms with E-state index >= 15 is 0 Å². The Bertz CT molecular complexity index is 937. The van der Waals surface area contributed by atoms with E-state index in [2.05, 4.69) is 5.32 Å². The molecule has 8 nitrogen and oxygen atoms in total. The lowest BCUT2D eigenvalue weighted by atomic mass is 10.2. The number of nitrogens with zero attached hydrogens (tertiary/aromatic N) is 1. The van der Waals surface area contributed by atoms with Gasteiger partial charge < -0.3 is 19.8 Å². The van der Waals surface area contributed by atoms with Gasteiger partial charge in [-0.1, -0.05) is 6.07 Å². The van der Waals surface area contributed by atoms with Crippen LogP contribution in [0.3, 0.4) is 0 Å². The van der Waals surface area contributed by atoms with Gasteiger partial charge in [0.15, 0.2) is 11.8 Å². The third-order valence-electron chi connectivity index (χ3n) is 5.03. The zero-order chi connectivity index (χ0) is 21.0. The molecule has 3 N–H and O–H groups in total. The van der Waals surface area contributed by atoms with Crippen molar-refractivity contribution in [2.75, 3.05) is 31.6 Å². The lowest BCUT2D eigenvalue weighted by Gasteiger charge is -2.27. The van der Waals surface area contributed by atoms with Crippen LogP contribution in [0.15, 0.2) is 45.9 Å². The number of carbonyl (C=O) groups is 1. The number of hydrogen-bond acceptors (Lipinski definition) is 5. The summed E-state index contributed by atoms with van der Waals surface area (Å²) in [6.07, 6.45) is 1.60. The number of anilines is 1. The third kappa shape index (κ3) is 5.05. The first-order chi connectivity index (χ1) is 13.8. The van der Waals surface area contributed by atoms with Crippen molar-refractivity contribution in [1.29, 1.82) is 0 Å². The fraction of sp³-hybridized carbons (Fsp3) is 0.450. The normalized spacial score (nSPS) is 17.6. The van der Waals surface area contributed by atoms with Crippen molar-refractivity contribution in [2.24, 2.45) is 0 Å². The van der Waals surface area contributed by atoms with E-state index in [0.29, 0.717) is 37.6 Å². The molecule has 9 heteroatoms. The topological polar surface area (TPSA) is 105 Å². The molecule has 0 radical (unpaired) electrons. The monoisotopic (exact) mass is 422 g/mol. The molecule has 1 aromatic heterocycles. The molecular formula is C20H28N3O5S+. The summed E-state index contributed by atoms with van der Waals surface area (Å²) in [7, 11) is -3.64. The van der Waals surface area contributed by atoms with Gasteiger partial charge in [0, 0.05) is 18.8 Å². The molecule has 0 bridgehead atoms. The third-order valence-corrected chi connectivity index (χ3v) is 7.07. The van der Waals surface area contributed by atoms with Crippen LogP contribution >= 0.6 is 0 Å². The first kappa shape index (κ1) is 21.5. The van der Waals surface area contributed by atoms with Crippen molar-refractivity contribution in [1.82, 2.24) is 4.31 Å². The number of benzene rings is 1. The molecule has 0 aliphatic carbocycles. The zero-order valence-electron chi connectivity index (χ0n) is 16.9. The second-order valence-electron chi connectivity index (χ2n) is 7.27. The molecule has 2 atom stereocenters. The summed E-state index contributed by atoms with van der Waals surface area (Å²) < 4.78 is 38.0. The van der Waals surface area contributed by atoms with Gasteiger partial charge in [-0.15, -0.1) is 0 Å². The van der Waals surface area contributed by atoms with Crippen LogP contribution in [0, 0.1) is 6.92 Å². The summed E-state index contributed by atoms with van der Waals surface area (Å²) in [5.41, 5.74) is 1.10. The molecule has 1 saturated heterocycles. The number of aryl methyl sites for hydroxylation is 1. The van der Waals surface area contributed by atoms with Gasteiger partial charge in [0.05, 0.1) is 24.4 Å². The Hall–Kier alpha value is -2.20. The maximum atomic E-state index is 13.0. The molecular weight excluding hydrogens is 394 g/mol. The highest BCUT2D eigenvalue weighted by Crippen LogP contribution is 2.24. The molecule has 0 unspecified atom stereocenters. The van der Waals surface area contributed by atoms with Gasteiger partial charge in [0.25, 0.3) is 5.91 Å². The van der Waals surface area contributed by atoms with E-state index in [1.54, 1.807) is 32.2 Å². The van der Waals surface area contributed by atoms with E-state index in [0.717, 1.165) is 5.76 Å². The van der Waals surface area contributed by atoms with Gasteiger partial charge in [-0.2, -0.15) is 4.31 Å². The first-order valence-corrected chi connectivity index (χ1v) is 11.1. The molecule has 158 valence electrons. The molecule has 1 aromatic carbocycles. The molecule has 2 heterocycles. The maximum Gasteiger partial charge on any atom is 0.282 e. The second kappa shape index (κ2) is 9.08. The van der Waals surface area contributed by atoms with E-state index in [4.69, 9.17) is 9.15 Å². The highest BCUT2D eigenvalue weighted by molar-refractivity contribution is 7.89. The van der Waals surface area contributed by atoms with Crippen molar-refractivity contribution in [3.8, 4) is 0 Å². The maximum absolute atomic E-state index is 13.0. The van der Waals surface area contributed by atoms with Gasteiger partial charge in [-0.3, -0.25) is 4.79 Å². The number of quaternary nitrogens is 1. The van der Waals surface area contributed by atoms with Crippen LogP contribution in [0.2, 0.25) is 0 Å². The van der Waals surface area contributed by atoms with Crippen molar-refractivity contribution >= 4 is 21.6 Å². The van der Waals surface area contributed by atoms with Gasteiger partial charge in [-0.25, -0.2) is 8.42 Å². The Labute approximate surface area is 171 Å². The summed E-state index contributed by atoms with van der Waals surface area (Å²) in [4.78, 5) is 12.8. The van der Waals surface area contributed by atoms with Gasteiger partial charge in [0.2, 0.25) is 10.0 Å². The molecule has 1 amide bonds. The number of carbonyl (C=O) groups excluding carboxylic acids is 1. The van der Waals surface area contributed by atoms with Crippen molar-refractivity contribution in [3.63, 3.8) is 0 Å². The van der Waals surface area contributed by atoms with Crippen LogP contribution in [0.1, 0.15) is 31.2 Å². The molecule has 29 heavy (non-hydrogen) atoms. The molecule has 1 fully saturated rings. The van der Waals surface area contributed by atoms with Crippen LogP contribution in [0.5, 0.6) is 0 Å². The van der Waals surface area contributed by atoms with Crippen LogP contribution in [0.25, 0.3) is 0 Å². The number of sulfonamides is 1. The lowest BCUT2D eigenvalue weighted by molar-refractivity contribution is -0.711. The molecule has 1 aliphatic rings. The number of nitrogens with two attached hydrogens (primary N) is 1. The van der Waals surface area contributed by atoms with E-state index in [9.17, 15) is 13.2 Å². The summed E-state index contributed by atoms with van der Waals surface area (Å²) in [5.74, 6) is 0.584. The summed E-state index contributed by atoms with van der Waals surface area (Å²) >= 11 is 0. The summed E-state index contributed by atoms with van der Waals surface area (Å²) in [5, 5.41) is 4.72. The fourth-order valence-corrected chi connectivity index (χ4v) is 4.96. The number of hydrogen-bond donors (Lipinski definition) is 2. The molecule has 1 aliphatic heterocycles. The van der Waals surface area contributed by atoms with Gasteiger partial charge in [-0.05, 0) is 50.6 Å². The minimum Gasteiger partial charge on any atom is -0.463 e. The Morgan fingerprint density at radius 2 is 1.93 bits per heavy atom. The van der Waals surface area contributed by atoms with E-state index in [1.165, 1.54) is 10.4 Å². The molecule has 0 saturated carbocycles. The standard InChI is InChI=1S/C20H27N3O5S/c1-14-6-7-17(13-19(14)29(25,26)23-8-11-27-12-9-23)22-20(24)16(3)21-15(2)18-5-4-10-28-18/h4-7,10,13,15-16,21H,8-9,11-12H2,1-3H3,(H,22,24)/p+1/t15-,16+/m1/s1. The lowest BCUT2D eigenvalue weighted by Crippen LogP contribution is -2.91. The number of ether oxygens (including phenoxy) is 1. The van der Waals surface area contributed by atoms with Crippen LogP contribution in [-0.4, -0.2) is 51.0 Å². The molecule has 0 spiro atoms. The van der Waals surface area contributed by atoms with E-state index in [1.807, 2.05) is 24.4 Å². The zero-order valence-corrected chi connectivity index (χ0v) is 17.7. The highest BCUT2D eigenvalue weighted by Gasteiger charge is 2.28. The molecule has 2 aromatic rings. The SMILES string of the molecule is Cc1ccc(NC(=O)[C@H](C)[NH2+][C@H](C)c2ccco2)cc1S(=O)(=O)N1CCOCC1. The van der Waals surface area contributed by atoms with Crippen molar-refractivity contribution in [3.05, 3.63) is 47.9 Å². The molecule has 3 rings (SSSR count). The number of rotatable bonds is 7. The first-order valence-electron chi connectivity index (χ1n) is 9.67. The average molecular weight is 423 g/mol. The fourth-order valence-electron chi connectivity index (χ4n) is 3.30. The number of furan rings is 1. The Morgan fingerprint density at radius 1 is 1.21 bits per heavy atom. The smallest absolute Gasteiger partial charge is 0.282 e. The Kier molecular flexibility index (Phi) is 6.74. The quantitative estimate of drug-likeness (QED) is 0.699. The van der Waals surface area contributed by atoms with Crippen LogP contribution in [0.4, 0.5) is 5.69 Å². The van der Waals surface area contributed by atoms with E-state index < -0.39 is 10.0 Å². The van der Waals surface area contributed by atoms with Gasteiger partial charge >= 0.3 is 0 Å². The van der Waals surface area contributed by atoms with Crippen molar-refractivity contribution in [2.45, 2.75) is 37.8 Å². The number of morpholine rings is 1. The minimum atomic E-state index is -3.64. The highest BCUT2D eigenvalue weighted by atomic mass is 32.2.